The number of para-hydroxylation sites is 1. The standard InChI is InChI=1S/C17H13N3O.ClH/c18-11-15-7-6-14(12-20-9-8-19-13-20)10-17(15)21-16-4-2-1-3-5-16;/h1-10,13H,12H2;1H. The van der Waals surface area contributed by atoms with Gasteiger partial charge in [-0.05, 0) is 29.8 Å². The molecule has 0 atom stereocenters. The highest BCUT2D eigenvalue weighted by Crippen LogP contribution is 2.26. The number of halogens is 1. The van der Waals surface area contributed by atoms with Crippen molar-refractivity contribution in [3.8, 4) is 17.6 Å². The lowest BCUT2D eigenvalue weighted by Gasteiger charge is -2.10. The van der Waals surface area contributed by atoms with Crippen molar-refractivity contribution in [2.24, 2.45) is 0 Å². The third-order valence-corrected chi connectivity index (χ3v) is 3.06. The van der Waals surface area contributed by atoms with Gasteiger partial charge in [0.05, 0.1) is 11.9 Å². The van der Waals surface area contributed by atoms with Gasteiger partial charge in [-0.1, -0.05) is 24.3 Å². The van der Waals surface area contributed by atoms with Gasteiger partial charge in [-0.2, -0.15) is 5.26 Å². The van der Waals surface area contributed by atoms with Crippen LogP contribution in [-0.2, 0) is 6.54 Å². The van der Waals surface area contributed by atoms with E-state index in [0.717, 1.165) is 5.56 Å². The van der Waals surface area contributed by atoms with Gasteiger partial charge in [-0.25, -0.2) is 4.98 Å². The third-order valence-electron chi connectivity index (χ3n) is 3.06. The van der Waals surface area contributed by atoms with E-state index in [-0.39, 0.29) is 12.4 Å². The Labute approximate surface area is 135 Å². The normalized spacial score (nSPS) is 9.59. The molecule has 2 aromatic carbocycles. The molecule has 22 heavy (non-hydrogen) atoms. The maximum atomic E-state index is 9.20. The summed E-state index contributed by atoms with van der Waals surface area (Å²) in [4.78, 5) is 4.02. The predicted molar refractivity (Wildman–Crippen MR) is 86.3 cm³/mol. The Bertz CT molecular complexity index is 764. The molecule has 0 saturated carbocycles. The molecule has 0 radical (unpaired) electrons. The van der Waals surface area contributed by atoms with E-state index < -0.39 is 0 Å². The Morgan fingerprint density at radius 2 is 1.95 bits per heavy atom. The molecule has 3 aromatic rings. The first-order chi connectivity index (χ1) is 10.3. The molecule has 0 fully saturated rings. The number of nitrogens with zero attached hydrogens (tertiary/aromatic N) is 3. The highest BCUT2D eigenvalue weighted by molar-refractivity contribution is 5.85. The van der Waals surface area contributed by atoms with Gasteiger partial charge in [0.25, 0.3) is 0 Å². The second-order valence-electron chi connectivity index (χ2n) is 4.59. The van der Waals surface area contributed by atoms with Crippen LogP contribution in [0.15, 0.2) is 67.3 Å². The fourth-order valence-electron chi connectivity index (χ4n) is 2.05. The van der Waals surface area contributed by atoms with Crippen LogP contribution in [0, 0.1) is 11.3 Å². The fourth-order valence-corrected chi connectivity index (χ4v) is 2.05. The molecular formula is C17H14ClN3O. The molecular weight excluding hydrogens is 298 g/mol. The summed E-state index contributed by atoms with van der Waals surface area (Å²) in [7, 11) is 0. The summed E-state index contributed by atoms with van der Waals surface area (Å²) >= 11 is 0. The number of aromatic nitrogens is 2. The van der Waals surface area contributed by atoms with Crippen molar-refractivity contribution in [2.45, 2.75) is 6.54 Å². The largest absolute Gasteiger partial charge is 0.456 e. The fraction of sp³-hybridized carbons (Fsp3) is 0.0588. The topological polar surface area (TPSA) is 50.8 Å². The average molecular weight is 312 g/mol. The second-order valence-corrected chi connectivity index (χ2v) is 4.59. The van der Waals surface area contributed by atoms with E-state index in [1.165, 1.54) is 0 Å². The lowest BCUT2D eigenvalue weighted by atomic mass is 10.1. The van der Waals surface area contributed by atoms with Crippen LogP contribution >= 0.6 is 12.4 Å². The summed E-state index contributed by atoms with van der Waals surface area (Å²) in [6.07, 6.45) is 5.40. The SMILES string of the molecule is Cl.N#Cc1ccc(Cn2ccnc2)cc1Oc1ccccc1. The zero-order valence-corrected chi connectivity index (χ0v) is 12.5. The number of ether oxygens (including phenoxy) is 1. The molecule has 0 aliphatic rings. The van der Waals surface area contributed by atoms with Gasteiger partial charge in [-0.15, -0.1) is 12.4 Å². The van der Waals surface area contributed by atoms with E-state index in [0.29, 0.717) is 23.6 Å². The first-order valence-electron chi connectivity index (χ1n) is 6.57. The zero-order valence-electron chi connectivity index (χ0n) is 11.7. The van der Waals surface area contributed by atoms with Gasteiger partial charge in [0.1, 0.15) is 17.6 Å². The third kappa shape index (κ3) is 3.66. The maximum Gasteiger partial charge on any atom is 0.145 e. The van der Waals surface area contributed by atoms with Gasteiger partial charge in [0.2, 0.25) is 0 Å². The van der Waals surface area contributed by atoms with E-state index in [9.17, 15) is 5.26 Å². The van der Waals surface area contributed by atoms with Crippen LogP contribution in [0.1, 0.15) is 11.1 Å². The first kappa shape index (κ1) is 15.6. The average Bonchev–Trinajstić information content (AvgIpc) is 3.02. The number of hydrogen-bond acceptors (Lipinski definition) is 3. The highest BCUT2D eigenvalue weighted by atomic mass is 35.5. The predicted octanol–water partition coefficient (Wildman–Crippen LogP) is 4.02. The molecule has 0 N–H and O–H groups in total. The molecule has 0 aliphatic carbocycles. The van der Waals surface area contributed by atoms with Crippen LogP contribution < -0.4 is 4.74 Å². The molecule has 0 saturated heterocycles. The minimum Gasteiger partial charge on any atom is -0.456 e. The van der Waals surface area contributed by atoms with Crippen molar-refractivity contribution >= 4 is 12.4 Å². The summed E-state index contributed by atoms with van der Waals surface area (Å²) in [6, 6.07) is 17.2. The van der Waals surface area contributed by atoms with E-state index >= 15 is 0 Å². The quantitative estimate of drug-likeness (QED) is 0.731. The zero-order chi connectivity index (χ0) is 14.5. The Balaban J connectivity index is 0.00000176. The highest BCUT2D eigenvalue weighted by Gasteiger charge is 2.06. The van der Waals surface area contributed by atoms with E-state index in [2.05, 4.69) is 11.1 Å². The van der Waals surface area contributed by atoms with Crippen molar-refractivity contribution in [1.29, 1.82) is 5.26 Å². The lowest BCUT2D eigenvalue weighted by molar-refractivity contribution is 0.480. The molecule has 0 bridgehead atoms. The lowest BCUT2D eigenvalue weighted by Crippen LogP contribution is -1.98. The Morgan fingerprint density at radius 3 is 2.64 bits per heavy atom. The van der Waals surface area contributed by atoms with Crippen LogP contribution in [0.4, 0.5) is 0 Å². The summed E-state index contributed by atoms with van der Waals surface area (Å²) in [6.45, 7) is 0.691. The van der Waals surface area contributed by atoms with Crippen LogP contribution in [0.25, 0.3) is 0 Å². The Hall–Kier alpha value is -2.77. The van der Waals surface area contributed by atoms with E-state index in [1.807, 2.05) is 53.2 Å². The molecule has 4 nitrogen and oxygen atoms in total. The number of benzene rings is 2. The van der Waals surface area contributed by atoms with Crippen LogP contribution in [0.3, 0.4) is 0 Å². The smallest absolute Gasteiger partial charge is 0.145 e. The van der Waals surface area contributed by atoms with Crippen LogP contribution in [0.2, 0.25) is 0 Å². The van der Waals surface area contributed by atoms with Crippen molar-refractivity contribution in [3.63, 3.8) is 0 Å². The van der Waals surface area contributed by atoms with Gasteiger partial charge < -0.3 is 9.30 Å². The van der Waals surface area contributed by atoms with Crippen molar-refractivity contribution in [3.05, 3.63) is 78.4 Å². The summed E-state index contributed by atoms with van der Waals surface area (Å²) in [5, 5.41) is 9.20. The van der Waals surface area contributed by atoms with Crippen molar-refractivity contribution in [1.82, 2.24) is 9.55 Å². The van der Waals surface area contributed by atoms with Crippen molar-refractivity contribution in [2.75, 3.05) is 0 Å². The summed E-state index contributed by atoms with van der Waals surface area (Å²) < 4.78 is 7.78. The minimum absolute atomic E-state index is 0. The Morgan fingerprint density at radius 1 is 1.14 bits per heavy atom. The summed E-state index contributed by atoms with van der Waals surface area (Å²) in [5.74, 6) is 1.29. The molecule has 3 rings (SSSR count). The first-order valence-corrected chi connectivity index (χ1v) is 6.57. The number of nitriles is 1. The number of hydrogen-bond donors (Lipinski definition) is 0. The van der Waals surface area contributed by atoms with Gasteiger partial charge in [0.15, 0.2) is 0 Å². The molecule has 110 valence electrons. The molecule has 0 amide bonds. The van der Waals surface area contributed by atoms with Gasteiger partial charge >= 0.3 is 0 Å². The monoisotopic (exact) mass is 311 g/mol. The maximum absolute atomic E-state index is 9.20. The minimum atomic E-state index is 0. The molecule has 1 heterocycles. The van der Waals surface area contributed by atoms with Gasteiger partial charge in [-0.3, -0.25) is 0 Å². The molecule has 1 aromatic heterocycles. The molecule has 5 heteroatoms. The van der Waals surface area contributed by atoms with Crippen molar-refractivity contribution < 1.29 is 4.74 Å². The molecule has 0 aliphatic heterocycles. The number of imidazole rings is 1. The summed E-state index contributed by atoms with van der Waals surface area (Å²) in [5.41, 5.74) is 1.58. The van der Waals surface area contributed by atoms with Crippen LogP contribution in [0.5, 0.6) is 11.5 Å². The number of rotatable bonds is 4. The Kier molecular flexibility index (Phi) is 5.18. The van der Waals surface area contributed by atoms with Gasteiger partial charge in [0, 0.05) is 18.9 Å². The molecule has 0 unspecified atom stereocenters. The van der Waals surface area contributed by atoms with E-state index in [1.54, 1.807) is 18.6 Å². The molecule has 0 spiro atoms. The van der Waals surface area contributed by atoms with E-state index in [4.69, 9.17) is 4.74 Å². The second kappa shape index (κ2) is 7.30. The van der Waals surface area contributed by atoms with Crippen LogP contribution in [-0.4, -0.2) is 9.55 Å².